The van der Waals surface area contributed by atoms with Gasteiger partial charge in [0, 0.05) is 5.56 Å². The number of imide groups is 1. The van der Waals surface area contributed by atoms with Crippen molar-refractivity contribution in [3.05, 3.63) is 29.8 Å². The van der Waals surface area contributed by atoms with Crippen molar-refractivity contribution < 1.29 is 19.1 Å². The van der Waals surface area contributed by atoms with Gasteiger partial charge in [-0.2, -0.15) is 0 Å². The summed E-state index contributed by atoms with van der Waals surface area (Å²) >= 11 is 0. The van der Waals surface area contributed by atoms with Gasteiger partial charge in [0.2, 0.25) is 5.91 Å². The molecule has 1 saturated heterocycles. The van der Waals surface area contributed by atoms with Crippen LogP contribution in [0, 0.1) is 5.41 Å². The van der Waals surface area contributed by atoms with Crippen LogP contribution in [-0.4, -0.2) is 36.7 Å². The molecule has 1 aromatic carbocycles. The number of benzene rings is 1. The maximum Gasteiger partial charge on any atom is 0.417 e. The molecule has 1 aromatic rings. The van der Waals surface area contributed by atoms with Crippen LogP contribution in [0.2, 0.25) is 0 Å². The van der Waals surface area contributed by atoms with Gasteiger partial charge in [-0.05, 0) is 11.5 Å². The number of ether oxygens (including phenoxy) is 2. The van der Waals surface area contributed by atoms with E-state index in [1.165, 1.54) is 4.90 Å². The Morgan fingerprint density at radius 3 is 2.67 bits per heavy atom. The molecule has 0 unspecified atom stereocenters. The van der Waals surface area contributed by atoms with E-state index in [9.17, 15) is 9.59 Å². The third-order valence-corrected chi connectivity index (χ3v) is 3.68. The lowest BCUT2D eigenvalue weighted by atomic mass is 9.86. The van der Waals surface area contributed by atoms with Crippen LogP contribution in [0.25, 0.3) is 0 Å². The first-order chi connectivity index (χ1) is 9.84. The first-order valence-electron chi connectivity index (χ1n) is 6.95. The van der Waals surface area contributed by atoms with Crippen molar-refractivity contribution >= 4 is 12.0 Å². The van der Waals surface area contributed by atoms with Crippen LogP contribution >= 0.6 is 0 Å². The van der Waals surface area contributed by atoms with Gasteiger partial charge >= 0.3 is 6.09 Å². The zero-order chi connectivity index (χ0) is 15.6. The summed E-state index contributed by atoms with van der Waals surface area (Å²) in [7, 11) is 1.56. The van der Waals surface area contributed by atoms with Crippen LogP contribution in [0.5, 0.6) is 5.75 Å². The van der Waals surface area contributed by atoms with Crippen molar-refractivity contribution in [2.45, 2.75) is 33.2 Å². The van der Waals surface area contributed by atoms with Gasteiger partial charge in [-0.3, -0.25) is 4.79 Å². The summed E-state index contributed by atoms with van der Waals surface area (Å²) in [6, 6.07) is 7.06. The summed E-state index contributed by atoms with van der Waals surface area (Å²) in [4.78, 5) is 25.6. The van der Waals surface area contributed by atoms with E-state index >= 15 is 0 Å². The molecular formula is C16H21NO4. The molecule has 1 atom stereocenters. The Morgan fingerprint density at radius 1 is 1.38 bits per heavy atom. The Hall–Kier alpha value is -2.04. The molecule has 0 saturated carbocycles. The zero-order valence-corrected chi connectivity index (χ0v) is 12.9. The SMILES string of the molecule is COc1ccccc1CC(=O)N1C(=O)OC[C@@H]1C(C)(C)C. The van der Waals surface area contributed by atoms with Crippen molar-refractivity contribution in [3.8, 4) is 5.75 Å². The first-order valence-corrected chi connectivity index (χ1v) is 6.95. The second kappa shape index (κ2) is 5.76. The number of amides is 2. The van der Waals surface area contributed by atoms with E-state index in [0.29, 0.717) is 5.75 Å². The highest BCUT2D eigenvalue weighted by atomic mass is 16.6. The van der Waals surface area contributed by atoms with Crippen LogP contribution in [0.1, 0.15) is 26.3 Å². The molecule has 1 aliphatic rings. The standard InChI is InChI=1S/C16H21NO4/c1-16(2,3)13-10-21-15(19)17(13)14(18)9-11-7-5-6-8-12(11)20-4/h5-8,13H,9-10H2,1-4H3/t13-/m1/s1. The number of carbonyl (C=O) groups is 2. The smallest absolute Gasteiger partial charge is 0.417 e. The third kappa shape index (κ3) is 3.17. The first kappa shape index (κ1) is 15.4. The van der Waals surface area contributed by atoms with E-state index in [0.717, 1.165) is 5.56 Å². The van der Waals surface area contributed by atoms with Crippen molar-refractivity contribution in [3.63, 3.8) is 0 Å². The highest BCUT2D eigenvalue weighted by Crippen LogP contribution is 2.30. The minimum absolute atomic E-state index is 0.117. The van der Waals surface area contributed by atoms with Gasteiger partial charge in [-0.15, -0.1) is 0 Å². The molecule has 0 N–H and O–H groups in total. The van der Waals surface area contributed by atoms with Gasteiger partial charge < -0.3 is 9.47 Å². The van der Waals surface area contributed by atoms with Gasteiger partial charge in [0.05, 0.1) is 19.6 Å². The lowest BCUT2D eigenvalue weighted by molar-refractivity contribution is -0.129. The molecule has 0 spiro atoms. The summed E-state index contributed by atoms with van der Waals surface area (Å²) in [6.45, 7) is 6.22. The fourth-order valence-corrected chi connectivity index (χ4v) is 2.43. The monoisotopic (exact) mass is 291 g/mol. The summed E-state index contributed by atoms with van der Waals surface area (Å²) in [5, 5.41) is 0. The summed E-state index contributed by atoms with van der Waals surface area (Å²) in [6.07, 6.45) is -0.444. The second-order valence-electron chi connectivity index (χ2n) is 6.21. The molecule has 1 fully saturated rings. The molecule has 2 amide bonds. The topological polar surface area (TPSA) is 55.8 Å². The van der Waals surface area contributed by atoms with E-state index in [4.69, 9.17) is 9.47 Å². The minimum atomic E-state index is -0.560. The predicted molar refractivity (Wildman–Crippen MR) is 78.1 cm³/mol. The molecule has 0 bridgehead atoms. The molecule has 0 radical (unpaired) electrons. The van der Waals surface area contributed by atoms with Gasteiger partial charge in [0.15, 0.2) is 0 Å². The largest absolute Gasteiger partial charge is 0.496 e. The molecular weight excluding hydrogens is 270 g/mol. The quantitative estimate of drug-likeness (QED) is 0.859. The van der Waals surface area contributed by atoms with Crippen molar-refractivity contribution in [1.82, 2.24) is 4.90 Å². The van der Waals surface area contributed by atoms with Crippen molar-refractivity contribution in [1.29, 1.82) is 0 Å². The lowest BCUT2D eigenvalue weighted by Gasteiger charge is -2.31. The highest BCUT2D eigenvalue weighted by Gasteiger charge is 2.44. The second-order valence-corrected chi connectivity index (χ2v) is 6.21. The Kier molecular flexibility index (Phi) is 4.21. The van der Waals surface area contributed by atoms with Crippen LogP contribution in [0.15, 0.2) is 24.3 Å². The van der Waals surface area contributed by atoms with Crippen LogP contribution in [0.3, 0.4) is 0 Å². The number of cyclic esters (lactones) is 1. The average Bonchev–Trinajstić information content (AvgIpc) is 2.81. The minimum Gasteiger partial charge on any atom is -0.496 e. The molecule has 1 heterocycles. The number of methoxy groups -OCH3 is 1. The van der Waals surface area contributed by atoms with E-state index < -0.39 is 6.09 Å². The normalized spacial score (nSPS) is 18.6. The molecule has 1 aliphatic heterocycles. The fraction of sp³-hybridized carbons (Fsp3) is 0.500. The maximum atomic E-state index is 12.5. The Morgan fingerprint density at radius 2 is 2.05 bits per heavy atom. The number of rotatable bonds is 3. The van der Waals surface area contributed by atoms with Gasteiger partial charge in [0.25, 0.3) is 0 Å². The maximum absolute atomic E-state index is 12.5. The van der Waals surface area contributed by atoms with Gasteiger partial charge in [-0.25, -0.2) is 9.69 Å². The highest BCUT2D eigenvalue weighted by molar-refractivity contribution is 5.95. The summed E-state index contributed by atoms with van der Waals surface area (Å²) in [5.74, 6) is 0.382. The molecule has 21 heavy (non-hydrogen) atoms. The van der Waals surface area contributed by atoms with Gasteiger partial charge in [0.1, 0.15) is 12.4 Å². The Labute approximate surface area is 124 Å². The fourth-order valence-electron chi connectivity index (χ4n) is 2.43. The number of nitrogens with zero attached hydrogens (tertiary/aromatic N) is 1. The summed E-state index contributed by atoms with van der Waals surface area (Å²) in [5.41, 5.74) is 0.542. The van der Waals surface area contributed by atoms with Crippen LogP contribution in [-0.2, 0) is 16.0 Å². The molecule has 5 heteroatoms. The number of hydrogen-bond acceptors (Lipinski definition) is 4. The van der Waals surface area contributed by atoms with E-state index in [1.807, 2.05) is 39.0 Å². The zero-order valence-electron chi connectivity index (χ0n) is 12.9. The van der Waals surface area contributed by atoms with Gasteiger partial charge in [-0.1, -0.05) is 39.0 Å². The molecule has 2 rings (SSSR count). The van der Waals surface area contributed by atoms with E-state index in [1.54, 1.807) is 13.2 Å². The van der Waals surface area contributed by atoms with Crippen LogP contribution in [0.4, 0.5) is 4.79 Å². The Bertz CT molecular complexity index is 547. The predicted octanol–water partition coefficient (Wildman–Crippen LogP) is 2.63. The third-order valence-electron chi connectivity index (χ3n) is 3.68. The number of carbonyl (C=O) groups excluding carboxylic acids is 2. The van der Waals surface area contributed by atoms with E-state index in [-0.39, 0.29) is 30.4 Å². The lowest BCUT2D eigenvalue weighted by Crippen LogP contribution is -2.46. The number of hydrogen-bond donors (Lipinski definition) is 0. The van der Waals surface area contributed by atoms with E-state index in [2.05, 4.69) is 0 Å². The molecule has 0 aromatic heterocycles. The van der Waals surface area contributed by atoms with Crippen molar-refractivity contribution in [2.24, 2.45) is 5.41 Å². The van der Waals surface area contributed by atoms with Crippen molar-refractivity contribution in [2.75, 3.05) is 13.7 Å². The molecule has 5 nitrogen and oxygen atoms in total. The molecule has 114 valence electrons. The molecule has 0 aliphatic carbocycles. The van der Waals surface area contributed by atoms with Crippen LogP contribution < -0.4 is 4.74 Å². The Balaban J connectivity index is 2.20. The number of para-hydroxylation sites is 1. The average molecular weight is 291 g/mol. The summed E-state index contributed by atoms with van der Waals surface area (Å²) < 4.78 is 10.3.